The molecule has 0 unspecified atom stereocenters. The number of rotatable bonds is 6. The van der Waals surface area contributed by atoms with Gasteiger partial charge in [-0.3, -0.25) is 0 Å². The van der Waals surface area contributed by atoms with Gasteiger partial charge in [0.15, 0.2) is 0 Å². The Hall–Kier alpha value is -2.35. The lowest BCUT2D eigenvalue weighted by atomic mass is 9.84. The van der Waals surface area contributed by atoms with Crippen LogP contribution in [-0.2, 0) is 11.4 Å². The van der Waals surface area contributed by atoms with Gasteiger partial charge in [-0.05, 0) is 47.1 Å². The molecule has 2 heteroatoms. The van der Waals surface area contributed by atoms with Crippen LogP contribution in [0.2, 0.25) is 0 Å². The fraction of sp³-hybridized carbons (Fsp3) is 0.318. The quantitative estimate of drug-likeness (QED) is 0.478. The summed E-state index contributed by atoms with van der Waals surface area (Å²) < 4.78 is 0. The van der Waals surface area contributed by atoms with Crippen LogP contribution in [0.25, 0.3) is 6.08 Å². The molecule has 124 valence electrons. The highest BCUT2D eigenvalue weighted by Crippen LogP contribution is 2.32. The Bertz CT molecular complexity index is 699. The molecule has 0 saturated heterocycles. The molecule has 1 fully saturated rings. The van der Waals surface area contributed by atoms with E-state index in [9.17, 15) is 0 Å². The Morgan fingerprint density at radius 1 is 1.04 bits per heavy atom. The molecule has 0 N–H and O–H groups in total. The molecule has 1 saturated carbocycles. The van der Waals surface area contributed by atoms with E-state index in [1.807, 2.05) is 36.6 Å². The molecular weight excluding hydrogens is 294 g/mol. The van der Waals surface area contributed by atoms with Gasteiger partial charge in [0.2, 0.25) is 0 Å². The summed E-state index contributed by atoms with van der Waals surface area (Å²) in [5, 5.41) is 4.14. The predicted molar refractivity (Wildman–Crippen MR) is 101 cm³/mol. The summed E-state index contributed by atoms with van der Waals surface area (Å²) in [4.78, 5) is 5.47. The molecule has 2 nitrogen and oxygen atoms in total. The molecule has 2 aromatic carbocycles. The third-order valence-electron chi connectivity index (χ3n) is 4.76. The Morgan fingerprint density at radius 2 is 1.88 bits per heavy atom. The first-order valence-corrected chi connectivity index (χ1v) is 8.82. The first-order chi connectivity index (χ1) is 11.9. The minimum absolute atomic E-state index is 0.459. The fourth-order valence-electron chi connectivity index (χ4n) is 3.40. The fourth-order valence-corrected chi connectivity index (χ4v) is 3.40. The molecular formula is C22H25NO. The molecule has 0 amide bonds. The van der Waals surface area contributed by atoms with Crippen molar-refractivity contribution in [2.24, 2.45) is 5.16 Å². The van der Waals surface area contributed by atoms with E-state index in [-0.39, 0.29) is 0 Å². The van der Waals surface area contributed by atoms with Gasteiger partial charge >= 0.3 is 0 Å². The number of nitrogens with zero attached hydrogens (tertiary/aromatic N) is 1. The standard InChI is InChI=1S/C22H25NO/c1-2-19-10-6-7-13-22(19)17-24-23-16-18-9-8-14-21(15-18)20-11-4-3-5-12-20/h2,6-10,13-16,20H,1,3-5,11-12,17H2. The van der Waals surface area contributed by atoms with E-state index in [2.05, 4.69) is 36.0 Å². The number of benzene rings is 2. The van der Waals surface area contributed by atoms with Crippen LogP contribution in [0.1, 0.15) is 60.3 Å². The Morgan fingerprint density at radius 3 is 2.71 bits per heavy atom. The smallest absolute Gasteiger partial charge is 0.142 e. The highest BCUT2D eigenvalue weighted by molar-refractivity contribution is 5.79. The third-order valence-corrected chi connectivity index (χ3v) is 4.76. The molecule has 1 aliphatic carbocycles. The molecule has 3 rings (SSSR count). The van der Waals surface area contributed by atoms with Crippen LogP contribution in [0.15, 0.2) is 60.3 Å². The van der Waals surface area contributed by atoms with Crippen LogP contribution in [0.4, 0.5) is 0 Å². The Kier molecular flexibility index (Phi) is 5.84. The zero-order valence-electron chi connectivity index (χ0n) is 14.2. The SMILES string of the molecule is C=Cc1ccccc1CON=Cc1cccc(C2CCCCC2)c1. The largest absolute Gasteiger partial charge is 0.391 e. The lowest BCUT2D eigenvalue weighted by Gasteiger charge is -2.22. The maximum Gasteiger partial charge on any atom is 0.142 e. The molecule has 0 bridgehead atoms. The second-order valence-corrected chi connectivity index (χ2v) is 6.42. The van der Waals surface area contributed by atoms with E-state index in [1.54, 1.807) is 0 Å². The molecule has 0 atom stereocenters. The zero-order chi connectivity index (χ0) is 16.6. The number of oxime groups is 1. The third kappa shape index (κ3) is 4.35. The number of hydrogen-bond acceptors (Lipinski definition) is 2. The molecule has 1 aliphatic rings. The molecule has 0 heterocycles. The Labute approximate surface area is 144 Å². The lowest BCUT2D eigenvalue weighted by Crippen LogP contribution is -2.04. The van der Waals surface area contributed by atoms with Crippen LogP contribution in [0.5, 0.6) is 0 Å². The van der Waals surface area contributed by atoms with Gasteiger partial charge in [0, 0.05) is 0 Å². The molecule has 0 radical (unpaired) electrons. The van der Waals surface area contributed by atoms with E-state index in [1.165, 1.54) is 37.7 Å². The lowest BCUT2D eigenvalue weighted by molar-refractivity contribution is 0.132. The van der Waals surface area contributed by atoms with Gasteiger partial charge in [-0.2, -0.15) is 0 Å². The monoisotopic (exact) mass is 319 g/mol. The minimum atomic E-state index is 0.459. The van der Waals surface area contributed by atoms with Gasteiger partial charge in [0.25, 0.3) is 0 Å². The van der Waals surface area contributed by atoms with Crippen LogP contribution >= 0.6 is 0 Å². The van der Waals surface area contributed by atoms with Crippen molar-refractivity contribution in [3.63, 3.8) is 0 Å². The average Bonchev–Trinajstić information content (AvgIpc) is 2.66. The van der Waals surface area contributed by atoms with E-state index >= 15 is 0 Å². The average molecular weight is 319 g/mol. The second-order valence-electron chi connectivity index (χ2n) is 6.42. The minimum Gasteiger partial charge on any atom is -0.391 e. The predicted octanol–water partition coefficient (Wildman–Crippen LogP) is 5.93. The van der Waals surface area contributed by atoms with Crippen molar-refractivity contribution in [2.75, 3.05) is 0 Å². The van der Waals surface area contributed by atoms with Gasteiger partial charge in [0.05, 0.1) is 6.21 Å². The molecule has 2 aromatic rings. The van der Waals surface area contributed by atoms with Crippen molar-refractivity contribution in [1.29, 1.82) is 0 Å². The highest BCUT2D eigenvalue weighted by atomic mass is 16.6. The van der Waals surface area contributed by atoms with Crippen molar-refractivity contribution in [3.8, 4) is 0 Å². The van der Waals surface area contributed by atoms with Gasteiger partial charge in [0.1, 0.15) is 6.61 Å². The summed E-state index contributed by atoms with van der Waals surface area (Å²) in [6.07, 6.45) is 10.4. The number of hydrogen-bond donors (Lipinski definition) is 0. The summed E-state index contributed by atoms with van der Waals surface area (Å²) >= 11 is 0. The van der Waals surface area contributed by atoms with Crippen LogP contribution in [0, 0.1) is 0 Å². The molecule has 0 aromatic heterocycles. The molecule has 24 heavy (non-hydrogen) atoms. The van der Waals surface area contributed by atoms with Crippen LogP contribution in [0.3, 0.4) is 0 Å². The van der Waals surface area contributed by atoms with E-state index in [0.29, 0.717) is 12.5 Å². The van der Waals surface area contributed by atoms with E-state index in [4.69, 9.17) is 4.84 Å². The molecule has 0 aliphatic heterocycles. The highest BCUT2D eigenvalue weighted by Gasteiger charge is 2.15. The zero-order valence-corrected chi connectivity index (χ0v) is 14.2. The summed E-state index contributed by atoms with van der Waals surface area (Å²) in [5.41, 5.74) is 4.73. The maximum atomic E-state index is 5.47. The van der Waals surface area contributed by atoms with Gasteiger partial charge in [-0.25, -0.2) is 0 Å². The normalized spacial score (nSPS) is 15.5. The summed E-state index contributed by atoms with van der Waals surface area (Å²) in [7, 11) is 0. The second kappa shape index (κ2) is 8.49. The van der Waals surface area contributed by atoms with Crippen molar-refractivity contribution in [1.82, 2.24) is 0 Å². The van der Waals surface area contributed by atoms with Gasteiger partial charge in [-0.1, -0.05) is 79.5 Å². The van der Waals surface area contributed by atoms with E-state index < -0.39 is 0 Å². The van der Waals surface area contributed by atoms with Crippen molar-refractivity contribution >= 4 is 12.3 Å². The summed E-state index contributed by atoms with van der Waals surface area (Å²) in [6.45, 7) is 4.29. The van der Waals surface area contributed by atoms with Gasteiger partial charge < -0.3 is 4.84 Å². The molecule has 0 spiro atoms. The van der Waals surface area contributed by atoms with E-state index in [0.717, 1.165) is 16.7 Å². The van der Waals surface area contributed by atoms with Crippen LogP contribution in [-0.4, -0.2) is 6.21 Å². The van der Waals surface area contributed by atoms with Crippen LogP contribution < -0.4 is 0 Å². The first kappa shape index (κ1) is 16.5. The summed E-state index contributed by atoms with van der Waals surface area (Å²) in [5.74, 6) is 0.715. The summed E-state index contributed by atoms with van der Waals surface area (Å²) in [6, 6.07) is 16.8. The Balaban J connectivity index is 1.59. The topological polar surface area (TPSA) is 21.6 Å². The van der Waals surface area contributed by atoms with Crippen molar-refractivity contribution in [3.05, 3.63) is 77.4 Å². The maximum absolute atomic E-state index is 5.47. The first-order valence-electron chi connectivity index (χ1n) is 8.82. The van der Waals surface area contributed by atoms with Crippen molar-refractivity contribution in [2.45, 2.75) is 44.6 Å². The van der Waals surface area contributed by atoms with Gasteiger partial charge in [-0.15, -0.1) is 0 Å². The van der Waals surface area contributed by atoms with Crippen molar-refractivity contribution < 1.29 is 4.84 Å².